The molecule has 1 aromatic heterocycles. The van der Waals surface area contributed by atoms with E-state index < -0.39 is 0 Å². The topological polar surface area (TPSA) is 33.1 Å². The van der Waals surface area contributed by atoms with Crippen LogP contribution in [0.5, 0.6) is 0 Å². The normalized spacial score (nSPS) is 21.9. The number of likely N-dealkylation sites (tertiary alicyclic amines) is 1. The first-order valence-electron chi connectivity index (χ1n) is 6.72. The molecule has 2 heterocycles. The highest BCUT2D eigenvalue weighted by molar-refractivity contribution is 5.04. The highest BCUT2D eigenvalue weighted by Gasteiger charge is 2.22. The van der Waals surface area contributed by atoms with E-state index >= 15 is 0 Å². The number of aromatic nitrogens is 2. The summed E-state index contributed by atoms with van der Waals surface area (Å²) in [6, 6.07) is 0.698. The van der Waals surface area contributed by atoms with Crippen molar-refractivity contribution in [1.82, 2.24) is 20.0 Å². The molecule has 1 unspecified atom stereocenters. The van der Waals surface area contributed by atoms with Crippen molar-refractivity contribution in [1.29, 1.82) is 0 Å². The molecule has 1 aliphatic rings. The van der Waals surface area contributed by atoms with E-state index in [2.05, 4.69) is 28.4 Å². The van der Waals surface area contributed by atoms with Gasteiger partial charge in [-0.25, -0.2) is 0 Å². The monoisotopic (exact) mass is 236 g/mol. The van der Waals surface area contributed by atoms with E-state index in [1.165, 1.54) is 31.4 Å². The minimum Gasteiger partial charge on any atom is -0.315 e. The van der Waals surface area contributed by atoms with Crippen LogP contribution < -0.4 is 5.32 Å². The number of nitrogens with one attached hydrogen (secondary N) is 1. The molecule has 17 heavy (non-hydrogen) atoms. The van der Waals surface area contributed by atoms with E-state index in [1.54, 1.807) is 0 Å². The van der Waals surface area contributed by atoms with Gasteiger partial charge >= 0.3 is 0 Å². The smallest absolute Gasteiger partial charge is 0.0534 e. The Hall–Kier alpha value is -0.870. The van der Waals surface area contributed by atoms with Gasteiger partial charge in [-0.2, -0.15) is 5.10 Å². The standard InChI is InChI=1S/C13H24N4/c1-3-14-9-13-6-4-5-7-17(13)11-12-8-15-16(2)10-12/h8,10,13-14H,3-7,9,11H2,1-2H3. The van der Waals surface area contributed by atoms with Gasteiger partial charge in [0, 0.05) is 37.9 Å². The molecular weight excluding hydrogens is 212 g/mol. The lowest BCUT2D eigenvalue weighted by Gasteiger charge is -2.35. The Labute approximate surface area is 104 Å². The molecule has 4 heteroatoms. The SMILES string of the molecule is CCNCC1CCCCN1Cc1cnn(C)c1. The number of aryl methyl sites for hydroxylation is 1. The number of likely N-dealkylation sites (N-methyl/N-ethyl adjacent to an activating group) is 1. The van der Waals surface area contributed by atoms with Gasteiger partial charge in [0.1, 0.15) is 0 Å². The van der Waals surface area contributed by atoms with E-state index in [-0.39, 0.29) is 0 Å². The Bertz CT molecular complexity index is 334. The van der Waals surface area contributed by atoms with Crippen LogP contribution in [0.15, 0.2) is 12.4 Å². The molecule has 1 aromatic rings. The van der Waals surface area contributed by atoms with Crippen LogP contribution in [0.4, 0.5) is 0 Å². The molecule has 0 radical (unpaired) electrons. The Balaban J connectivity index is 1.91. The van der Waals surface area contributed by atoms with Crippen molar-refractivity contribution < 1.29 is 0 Å². The van der Waals surface area contributed by atoms with Crippen molar-refractivity contribution in [2.24, 2.45) is 7.05 Å². The van der Waals surface area contributed by atoms with Crippen molar-refractivity contribution in [3.8, 4) is 0 Å². The van der Waals surface area contributed by atoms with Gasteiger partial charge in [0.05, 0.1) is 6.20 Å². The highest BCUT2D eigenvalue weighted by Crippen LogP contribution is 2.18. The number of rotatable bonds is 5. The number of hydrogen-bond donors (Lipinski definition) is 1. The van der Waals surface area contributed by atoms with Crippen LogP contribution in [0, 0.1) is 0 Å². The van der Waals surface area contributed by atoms with Gasteiger partial charge in [-0.05, 0) is 25.9 Å². The van der Waals surface area contributed by atoms with Crippen LogP contribution in [0.3, 0.4) is 0 Å². The molecule has 1 atom stereocenters. The Kier molecular flexibility index (Phi) is 4.57. The lowest BCUT2D eigenvalue weighted by Crippen LogP contribution is -2.44. The Morgan fingerprint density at radius 1 is 1.47 bits per heavy atom. The van der Waals surface area contributed by atoms with Crippen molar-refractivity contribution in [3.05, 3.63) is 18.0 Å². The second-order valence-corrected chi connectivity index (χ2v) is 4.95. The largest absolute Gasteiger partial charge is 0.315 e. The molecule has 96 valence electrons. The van der Waals surface area contributed by atoms with Gasteiger partial charge in [-0.15, -0.1) is 0 Å². The van der Waals surface area contributed by atoms with Gasteiger partial charge in [0.15, 0.2) is 0 Å². The second-order valence-electron chi connectivity index (χ2n) is 4.95. The van der Waals surface area contributed by atoms with Gasteiger partial charge in [-0.1, -0.05) is 13.3 Å². The number of nitrogens with zero attached hydrogens (tertiary/aromatic N) is 3. The fourth-order valence-electron chi connectivity index (χ4n) is 2.60. The predicted octanol–water partition coefficient (Wildman–Crippen LogP) is 1.38. The second kappa shape index (κ2) is 6.17. The first-order chi connectivity index (χ1) is 8.29. The molecular formula is C13H24N4. The third-order valence-corrected chi connectivity index (χ3v) is 3.52. The zero-order chi connectivity index (χ0) is 12.1. The van der Waals surface area contributed by atoms with E-state index in [0.717, 1.165) is 19.6 Å². The lowest BCUT2D eigenvalue weighted by atomic mass is 10.0. The van der Waals surface area contributed by atoms with Gasteiger partial charge < -0.3 is 5.32 Å². The van der Waals surface area contributed by atoms with Crippen LogP contribution in [-0.4, -0.2) is 40.4 Å². The van der Waals surface area contributed by atoms with E-state index in [9.17, 15) is 0 Å². The van der Waals surface area contributed by atoms with Gasteiger partial charge in [0.25, 0.3) is 0 Å². The molecule has 1 fully saturated rings. The molecule has 1 saturated heterocycles. The van der Waals surface area contributed by atoms with Crippen molar-refractivity contribution >= 4 is 0 Å². The first-order valence-corrected chi connectivity index (χ1v) is 6.72. The van der Waals surface area contributed by atoms with E-state index in [0.29, 0.717) is 6.04 Å². The molecule has 4 nitrogen and oxygen atoms in total. The molecule has 0 spiro atoms. The van der Waals surface area contributed by atoms with Crippen LogP contribution in [0.25, 0.3) is 0 Å². The van der Waals surface area contributed by atoms with Crippen molar-refractivity contribution in [2.75, 3.05) is 19.6 Å². The van der Waals surface area contributed by atoms with Crippen LogP contribution in [0.2, 0.25) is 0 Å². The summed E-state index contributed by atoms with van der Waals surface area (Å²) in [4.78, 5) is 2.60. The number of piperidine rings is 1. The molecule has 2 rings (SSSR count). The van der Waals surface area contributed by atoms with Crippen LogP contribution in [-0.2, 0) is 13.6 Å². The number of hydrogen-bond acceptors (Lipinski definition) is 3. The predicted molar refractivity (Wildman–Crippen MR) is 69.8 cm³/mol. The summed E-state index contributed by atoms with van der Waals surface area (Å²) in [5, 5.41) is 7.72. The summed E-state index contributed by atoms with van der Waals surface area (Å²) in [7, 11) is 1.98. The average Bonchev–Trinajstić information content (AvgIpc) is 2.74. The maximum Gasteiger partial charge on any atom is 0.0534 e. The molecule has 1 N–H and O–H groups in total. The maximum absolute atomic E-state index is 4.24. The zero-order valence-electron chi connectivity index (χ0n) is 11.0. The minimum absolute atomic E-state index is 0.698. The average molecular weight is 236 g/mol. The minimum atomic E-state index is 0.698. The summed E-state index contributed by atoms with van der Waals surface area (Å²) in [5.74, 6) is 0. The maximum atomic E-state index is 4.24. The third-order valence-electron chi connectivity index (χ3n) is 3.52. The summed E-state index contributed by atoms with van der Waals surface area (Å²) in [5.41, 5.74) is 1.33. The third kappa shape index (κ3) is 3.54. The lowest BCUT2D eigenvalue weighted by molar-refractivity contribution is 0.138. The van der Waals surface area contributed by atoms with Crippen molar-refractivity contribution in [3.63, 3.8) is 0 Å². The fourth-order valence-corrected chi connectivity index (χ4v) is 2.60. The molecule has 0 bridgehead atoms. The van der Waals surface area contributed by atoms with Gasteiger partial charge in [0.2, 0.25) is 0 Å². The zero-order valence-corrected chi connectivity index (χ0v) is 11.0. The molecule has 0 saturated carbocycles. The molecule has 0 aliphatic carbocycles. The van der Waals surface area contributed by atoms with Crippen LogP contribution in [0.1, 0.15) is 31.7 Å². The Morgan fingerprint density at radius 3 is 3.06 bits per heavy atom. The van der Waals surface area contributed by atoms with E-state index in [1.807, 2.05) is 17.9 Å². The summed E-state index contributed by atoms with van der Waals surface area (Å²) >= 11 is 0. The summed E-state index contributed by atoms with van der Waals surface area (Å²) < 4.78 is 1.89. The van der Waals surface area contributed by atoms with Gasteiger partial charge in [-0.3, -0.25) is 9.58 Å². The van der Waals surface area contributed by atoms with E-state index in [4.69, 9.17) is 0 Å². The summed E-state index contributed by atoms with van der Waals surface area (Å²) in [6.45, 7) is 6.64. The quantitative estimate of drug-likeness (QED) is 0.838. The highest BCUT2D eigenvalue weighted by atomic mass is 15.2. The molecule has 1 aliphatic heterocycles. The van der Waals surface area contributed by atoms with Crippen LogP contribution >= 0.6 is 0 Å². The molecule has 0 amide bonds. The fraction of sp³-hybridized carbons (Fsp3) is 0.769. The summed E-state index contributed by atoms with van der Waals surface area (Å²) in [6.07, 6.45) is 8.15. The van der Waals surface area contributed by atoms with Crippen molar-refractivity contribution in [2.45, 2.75) is 38.8 Å². The first kappa shape index (κ1) is 12.6. The molecule has 0 aromatic carbocycles. The Morgan fingerprint density at radius 2 is 2.35 bits per heavy atom.